The maximum atomic E-state index is 5.01. The second kappa shape index (κ2) is 10.1. The molecule has 196 valence electrons. The van der Waals surface area contributed by atoms with E-state index >= 15 is 0 Å². The predicted octanol–water partition coefficient (Wildman–Crippen LogP) is 10.00. The zero-order valence-corrected chi connectivity index (χ0v) is 22.8. The van der Waals surface area contributed by atoms with Crippen LogP contribution in [0.1, 0.15) is 0 Å². The molecule has 0 aliphatic heterocycles. The quantitative estimate of drug-likeness (QED) is 0.211. The van der Waals surface area contributed by atoms with Gasteiger partial charge in [-0.2, -0.15) is 0 Å². The maximum absolute atomic E-state index is 5.01. The molecule has 0 amide bonds. The number of rotatable bonds is 4. The van der Waals surface area contributed by atoms with Crippen molar-refractivity contribution in [2.75, 3.05) is 0 Å². The minimum absolute atomic E-state index is 0.919. The van der Waals surface area contributed by atoms with Crippen molar-refractivity contribution in [1.82, 2.24) is 15.0 Å². The van der Waals surface area contributed by atoms with E-state index in [9.17, 15) is 0 Å². The summed E-state index contributed by atoms with van der Waals surface area (Å²) in [6.07, 6.45) is 5.82. The molecule has 3 aromatic heterocycles. The van der Waals surface area contributed by atoms with Crippen molar-refractivity contribution in [3.05, 3.63) is 152 Å². The number of aromatic nitrogens is 3. The molecule has 8 aromatic rings. The average molecular weight is 536 g/mol. The smallest absolute Gasteiger partial charge is 0.0964 e. The third-order valence-electron chi connectivity index (χ3n) is 7.95. The summed E-state index contributed by atoms with van der Waals surface area (Å²) in [7, 11) is 0. The molecule has 0 atom stereocenters. The summed E-state index contributed by atoms with van der Waals surface area (Å²) in [6, 6.07) is 46.8. The van der Waals surface area contributed by atoms with Crippen LogP contribution in [0.3, 0.4) is 0 Å². The van der Waals surface area contributed by atoms with Gasteiger partial charge in [0.05, 0.1) is 16.7 Å². The Kier molecular flexibility index (Phi) is 5.79. The molecule has 0 aliphatic rings. The summed E-state index contributed by atoms with van der Waals surface area (Å²) in [5.41, 5.74) is 10.7. The van der Waals surface area contributed by atoms with Gasteiger partial charge in [-0.05, 0) is 58.0 Å². The number of fused-ring (bicyclic) bond motifs is 4. The summed E-state index contributed by atoms with van der Waals surface area (Å²) in [4.78, 5) is 14.5. The molecular weight excluding hydrogens is 510 g/mol. The van der Waals surface area contributed by atoms with E-state index in [0.717, 1.165) is 66.3 Å². The molecule has 0 saturated heterocycles. The third kappa shape index (κ3) is 4.20. The molecule has 0 N–H and O–H groups in total. The van der Waals surface area contributed by atoms with E-state index in [4.69, 9.17) is 9.97 Å². The van der Waals surface area contributed by atoms with E-state index in [0.29, 0.717) is 0 Å². The first kappa shape index (κ1) is 24.2. The maximum Gasteiger partial charge on any atom is 0.0964 e. The Labute approximate surface area is 243 Å². The Hall–Kier alpha value is -5.67. The van der Waals surface area contributed by atoms with Gasteiger partial charge in [0.25, 0.3) is 0 Å². The number of pyridine rings is 3. The van der Waals surface area contributed by atoms with Crippen LogP contribution in [0.2, 0.25) is 0 Å². The van der Waals surface area contributed by atoms with Crippen LogP contribution in [0.5, 0.6) is 0 Å². The number of nitrogens with zero attached hydrogens (tertiary/aromatic N) is 3. The van der Waals surface area contributed by atoms with E-state index in [1.54, 1.807) is 0 Å². The summed E-state index contributed by atoms with van der Waals surface area (Å²) < 4.78 is 0. The molecule has 8 rings (SSSR count). The Morgan fingerprint density at radius 1 is 0.357 bits per heavy atom. The molecular formula is C39H25N3. The monoisotopic (exact) mass is 535 g/mol. The fourth-order valence-electron chi connectivity index (χ4n) is 5.89. The van der Waals surface area contributed by atoms with Gasteiger partial charge < -0.3 is 0 Å². The molecule has 0 bridgehead atoms. The summed E-state index contributed by atoms with van der Waals surface area (Å²) in [5, 5.41) is 4.48. The van der Waals surface area contributed by atoms with E-state index in [1.807, 2.05) is 30.7 Å². The van der Waals surface area contributed by atoms with Crippen molar-refractivity contribution in [1.29, 1.82) is 0 Å². The topological polar surface area (TPSA) is 38.7 Å². The van der Waals surface area contributed by atoms with Crippen LogP contribution in [0.4, 0.5) is 0 Å². The molecule has 3 nitrogen and oxygen atoms in total. The van der Waals surface area contributed by atoms with Crippen molar-refractivity contribution in [3.63, 3.8) is 0 Å². The standard InChI is InChI=1S/C39H25N3/c1-3-10-26(11-4-1)30-21-31(33-20-29-18-17-28-14-9-19-40-38(28)39(29)41-24-33)23-32(22-30)36-25-42-37(27-12-5-2-6-13-27)35-16-8-7-15-34(35)36/h1-25H. The van der Waals surface area contributed by atoms with Crippen LogP contribution < -0.4 is 0 Å². The lowest BCUT2D eigenvalue weighted by molar-refractivity contribution is 1.35. The molecule has 3 heterocycles. The largest absolute Gasteiger partial charge is 0.255 e. The first-order chi connectivity index (χ1) is 20.8. The van der Waals surface area contributed by atoms with Gasteiger partial charge in [-0.1, -0.05) is 103 Å². The molecule has 0 spiro atoms. The van der Waals surface area contributed by atoms with Crippen LogP contribution in [-0.2, 0) is 0 Å². The van der Waals surface area contributed by atoms with Gasteiger partial charge >= 0.3 is 0 Å². The second-order valence-corrected chi connectivity index (χ2v) is 10.5. The molecule has 3 heteroatoms. The number of hydrogen-bond donors (Lipinski definition) is 0. The second-order valence-electron chi connectivity index (χ2n) is 10.5. The molecule has 0 aliphatic carbocycles. The Balaban J connectivity index is 1.34. The highest BCUT2D eigenvalue weighted by Gasteiger charge is 2.14. The highest BCUT2D eigenvalue weighted by Crippen LogP contribution is 2.38. The van der Waals surface area contributed by atoms with Crippen molar-refractivity contribution in [2.45, 2.75) is 0 Å². The zero-order valence-electron chi connectivity index (χ0n) is 22.8. The Morgan fingerprint density at radius 3 is 1.81 bits per heavy atom. The average Bonchev–Trinajstić information content (AvgIpc) is 3.08. The molecule has 0 radical (unpaired) electrons. The Bertz CT molecular complexity index is 2240. The zero-order chi connectivity index (χ0) is 27.9. The highest BCUT2D eigenvalue weighted by molar-refractivity contribution is 6.05. The molecule has 0 saturated carbocycles. The van der Waals surface area contributed by atoms with Crippen LogP contribution in [-0.4, -0.2) is 15.0 Å². The Morgan fingerprint density at radius 2 is 1.00 bits per heavy atom. The summed E-state index contributed by atoms with van der Waals surface area (Å²) >= 11 is 0. The van der Waals surface area contributed by atoms with Gasteiger partial charge in [0, 0.05) is 51.4 Å². The third-order valence-corrected chi connectivity index (χ3v) is 7.95. The summed E-state index contributed by atoms with van der Waals surface area (Å²) in [5.74, 6) is 0. The first-order valence-electron chi connectivity index (χ1n) is 14.1. The van der Waals surface area contributed by atoms with Crippen LogP contribution >= 0.6 is 0 Å². The van der Waals surface area contributed by atoms with Crippen molar-refractivity contribution in [3.8, 4) is 44.6 Å². The van der Waals surface area contributed by atoms with Gasteiger partial charge in [-0.25, -0.2) is 0 Å². The van der Waals surface area contributed by atoms with Crippen LogP contribution in [0.25, 0.3) is 77.2 Å². The van der Waals surface area contributed by atoms with Crippen LogP contribution in [0.15, 0.2) is 152 Å². The van der Waals surface area contributed by atoms with Crippen LogP contribution in [0, 0.1) is 0 Å². The molecule has 5 aromatic carbocycles. The number of hydrogen-bond acceptors (Lipinski definition) is 3. The minimum Gasteiger partial charge on any atom is -0.255 e. The molecule has 42 heavy (non-hydrogen) atoms. The van der Waals surface area contributed by atoms with Gasteiger partial charge in [0.2, 0.25) is 0 Å². The van der Waals surface area contributed by atoms with Gasteiger partial charge in [-0.3, -0.25) is 15.0 Å². The number of benzene rings is 5. The van der Waals surface area contributed by atoms with Gasteiger partial charge in [-0.15, -0.1) is 0 Å². The van der Waals surface area contributed by atoms with Gasteiger partial charge in [0.1, 0.15) is 0 Å². The van der Waals surface area contributed by atoms with Crippen molar-refractivity contribution >= 4 is 32.6 Å². The van der Waals surface area contributed by atoms with E-state index < -0.39 is 0 Å². The normalized spacial score (nSPS) is 11.3. The fraction of sp³-hybridized carbons (Fsp3) is 0. The lowest BCUT2D eigenvalue weighted by atomic mass is 9.91. The fourth-order valence-corrected chi connectivity index (χ4v) is 5.89. The van der Waals surface area contributed by atoms with Crippen molar-refractivity contribution < 1.29 is 0 Å². The van der Waals surface area contributed by atoms with E-state index in [2.05, 4.69) is 126 Å². The minimum atomic E-state index is 0.919. The lowest BCUT2D eigenvalue weighted by Gasteiger charge is -2.15. The summed E-state index contributed by atoms with van der Waals surface area (Å²) in [6.45, 7) is 0. The lowest BCUT2D eigenvalue weighted by Crippen LogP contribution is -1.92. The van der Waals surface area contributed by atoms with Gasteiger partial charge in [0.15, 0.2) is 0 Å². The van der Waals surface area contributed by atoms with E-state index in [1.165, 1.54) is 10.9 Å². The molecule has 0 fully saturated rings. The molecule has 0 unspecified atom stereocenters. The predicted molar refractivity (Wildman–Crippen MR) is 174 cm³/mol. The first-order valence-corrected chi connectivity index (χ1v) is 14.1. The van der Waals surface area contributed by atoms with E-state index in [-0.39, 0.29) is 0 Å². The van der Waals surface area contributed by atoms with Crippen molar-refractivity contribution in [2.24, 2.45) is 0 Å². The highest BCUT2D eigenvalue weighted by atomic mass is 14.7. The SMILES string of the molecule is c1ccc(-c2cc(-c3cnc4c(ccc5cccnc54)c3)cc(-c3cnc(-c4ccccc4)c4ccccc34)c2)cc1.